The highest BCUT2D eigenvalue weighted by molar-refractivity contribution is 7.97. The zero-order valence-electron chi connectivity index (χ0n) is 24.8. The van der Waals surface area contributed by atoms with Crippen LogP contribution in [-0.4, -0.2) is 29.0 Å². The summed E-state index contributed by atoms with van der Waals surface area (Å²) < 4.78 is 42.7. The number of nitrogens with zero attached hydrogens (tertiary/aromatic N) is 1. The highest BCUT2D eigenvalue weighted by Gasteiger charge is 2.69. The normalized spacial score (nSPS) is 43.8. The first-order valence-corrected chi connectivity index (χ1v) is 15.6. The Morgan fingerprint density at radius 1 is 1.02 bits per heavy atom. The van der Waals surface area contributed by atoms with Crippen molar-refractivity contribution in [2.45, 2.75) is 105 Å². The topological polar surface area (TPSA) is 70.0 Å². The Morgan fingerprint density at radius 3 is 2.30 bits per heavy atom. The van der Waals surface area contributed by atoms with Crippen molar-refractivity contribution in [3.8, 4) is 6.07 Å². The van der Waals surface area contributed by atoms with E-state index in [0.717, 1.165) is 62.5 Å². The maximum atomic E-state index is 14.4. The van der Waals surface area contributed by atoms with Gasteiger partial charge in [0.15, 0.2) is 11.6 Å². The molecular formula is C32H43F3N2O2S. The van der Waals surface area contributed by atoms with Gasteiger partial charge >= 0.3 is 6.18 Å². The Hall–Kier alpha value is -1.59. The second kappa shape index (κ2) is 8.96. The first kappa shape index (κ1) is 29.9. The highest BCUT2D eigenvalue weighted by Crippen LogP contribution is 2.73. The lowest BCUT2D eigenvalue weighted by Gasteiger charge is -2.69. The van der Waals surface area contributed by atoms with Gasteiger partial charge in [-0.25, -0.2) is 0 Å². The smallest absolute Gasteiger partial charge is 0.295 e. The van der Waals surface area contributed by atoms with Crippen LogP contribution in [0.25, 0.3) is 0 Å². The number of hydrogen-bond acceptors (Lipinski definition) is 5. The number of alkyl halides is 3. The Morgan fingerprint density at radius 2 is 1.68 bits per heavy atom. The van der Waals surface area contributed by atoms with Crippen LogP contribution >= 0.6 is 11.9 Å². The van der Waals surface area contributed by atoms with E-state index in [1.54, 1.807) is 0 Å². The number of fused-ring (bicyclic) bond motifs is 7. The number of rotatable bonds is 3. The van der Waals surface area contributed by atoms with Gasteiger partial charge in [-0.1, -0.05) is 72.1 Å². The lowest BCUT2D eigenvalue weighted by atomic mass is 9.35. The largest absolute Gasteiger partial charge is 0.399 e. The summed E-state index contributed by atoms with van der Waals surface area (Å²) in [6.07, 6.45) is 5.01. The molecule has 8 heteroatoms. The average Bonchev–Trinajstić information content (AvgIpc) is 2.82. The van der Waals surface area contributed by atoms with Crippen LogP contribution in [0.5, 0.6) is 0 Å². The predicted molar refractivity (Wildman–Crippen MR) is 151 cm³/mol. The fourth-order valence-electron chi connectivity index (χ4n) is 10.1. The third kappa shape index (κ3) is 4.11. The molecule has 0 bridgehead atoms. The Balaban J connectivity index is 1.62. The molecule has 1 N–H and O–H groups in total. The number of hydrogen-bond donors (Lipinski definition) is 1. The Kier molecular flexibility index (Phi) is 6.69. The molecule has 5 aliphatic carbocycles. The summed E-state index contributed by atoms with van der Waals surface area (Å²) in [6, 6.07) is 2.14. The van der Waals surface area contributed by atoms with E-state index in [1.165, 1.54) is 0 Å². The summed E-state index contributed by atoms with van der Waals surface area (Å²) in [5.74, 6) is -1.40. The van der Waals surface area contributed by atoms with Crippen molar-refractivity contribution in [1.29, 1.82) is 5.26 Å². The van der Waals surface area contributed by atoms with E-state index >= 15 is 0 Å². The summed E-state index contributed by atoms with van der Waals surface area (Å²) in [7, 11) is 0. The number of halogens is 3. The third-order valence-electron chi connectivity index (χ3n) is 12.4. The summed E-state index contributed by atoms with van der Waals surface area (Å²) in [4.78, 5) is 27.6. The number of nitrogens with one attached hydrogen (secondary N) is 1. The van der Waals surface area contributed by atoms with E-state index in [1.807, 2.05) is 26.0 Å². The second-order valence-electron chi connectivity index (χ2n) is 15.4. The summed E-state index contributed by atoms with van der Waals surface area (Å²) in [5, 5.41) is 9.87. The predicted octanol–water partition coefficient (Wildman–Crippen LogP) is 7.76. The molecule has 3 fully saturated rings. The maximum Gasteiger partial charge on any atom is 0.399 e. The van der Waals surface area contributed by atoms with Crippen LogP contribution < -0.4 is 4.72 Å². The van der Waals surface area contributed by atoms with Crippen molar-refractivity contribution in [1.82, 2.24) is 4.72 Å². The van der Waals surface area contributed by atoms with E-state index in [9.17, 15) is 28.0 Å². The maximum absolute atomic E-state index is 14.4. The van der Waals surface area contributed by atoms with Crippen LogP contribution in [0.2, 0.25) is 0 Å². The SMILES string of the molecule is CC1(C)CCC2(NSCC(F)(F)F)CCC3(C)C(C(=O)C=C4C5(C)C=C(C#N)C(=O)C(C)(C)C5CCC43C)C2C1. The number of carbonyl (C=O) groups is 2. The zero-order chi connectivity index (χ0) is 29.7. The van der Waals surface area contributed by atoms with Crippen LogP contribution in [0, 0.1) is 56.2 Å². The van der Waals surface area contributed by atoms with E-state index in [4.69, 9.17) is 0 Å². The van der Waals surface area contributed by atoms with Crippen molar-refractivity contribution in [2.75, 3.05) is 5.75 Å². The molecule has 0 amide bonds. The molecule has 5 rings (SSSR count). The Labute approximate surface area is 241 Å². The fraction of sp³-hybridized carbons (Fsp3) is 0.781. The standard InChI is InChI=1S/C32H43F3N2O2S/c1-26(2)10-12-31(37-40-18-32(33,34)35)13-11-30(7)24(20(31)16-26)21(38)14-23-28(5)15-19(17-36)25(39)27(3,4)22(28)8-9-29(23,30)6/h14-15,20,22,24,37H,8-13,16,18H2,1-7H3. The summed E-state index contributed by atoms with van der Waals surface area (Å²) >= 11 is 0.750. The highest BCUT2D eigenvalue weighted by atomic mass is 32.2. The van der Waals surface area contributed by atoms with Gasteiger partial charge in [-0.2, -0.15) is 18.4 Å². The zero-order valence-corrected chi connectivity index (χ0v) is 25.7. The molecule has 0 radical (unpaired) electrons. The van der Waals surface area contributed by atoms with Crippen LogP contribution in [0.15, 0.2) is 23.3 Å². The summed E-state index contributed by atoms with van der Waals surface area (Å²) in [5.41, 5.74) is -1.33. The van der Waals surface area contributed by atoms with Crippen LogP contribution in [0.3, 0.4) is 0 Å². The molecule has 40 heavy (non-hydrogen) atoms. The molecule has 0 aromatic rings. The fourth-order valence-corrected chi connectivity index (χ4v) is 11.0. The number of carbonyl (C=O) groups excluding carboxylic acids is 2. The van der Waals surface area contributed by atoms with Crippen LogP contribution in [0.1, 0.15) is 93.4 Å². The van der Waals surface area contributed by atoms with Crippen molar-refractivity contribution >= 4 is 23.5 Å². The molecule has 0 aromatic heterocycles. The quantitative estimate of drug-likeness (QED) is 0.348. The monoisotopic (exact) mass is 576 g/mol. The van der Waals surface area contributed by atoms with Gasteiger partial charge in [0.05, 0.1) is 5.57 Å². The molecule has 7 unspecified atom stereocenters. The molecule has 4 nitrogen and oxygen atoms in total. The minimum absolute atomic E-state index is 0.00417. The van der Waals surface area contributed by atoms with Gasteiger partial charge in [-0.05, 0) is 79.1 Å². The van der Waals surface area contributed by atoms with Crippen molar-refractivity contribution < 1.29 is 22.8 Å². The van der Waals surface area contributed by atoms with Gasteiger partial charge in [-0.15, -0.1) is 0 Å². The first-order valence-electron chi connectivity index (χ1n) is 14.7. The lowest BCUT2D eigenvalue weighted by Crippen LogP contribution is -2.68. The number of allylic oxidation sites excluding steroid dienone is 4. The molecule has 0 aliphatic heterocycles. The van der Waals surface area contributed by atoms with Gasteiger partial charge in [0.2, 0.25) is 0 Å². The number of Topliss-reactive ketones (excluding diaryl/α,β-unsaturated/α-hetero) is 1. The van der Waals surface area contributed by atoms with Crippen LogP contribution in [-0.2, 0) is 9.59 Å². The lowest BCUT2D eigenvalue weighted by molar-refractivity contribution is -0.159. The van der Waals surface area contributed by atoms with Crippen molar-refractivity contribution in [3.63, 3.8) is 0 Å². The molecular weight excluding hydrogens is 533 g/mol. The molecule has 0 spiro atoms. The molecule has 3 saturated carbocycles. The molecule has 0 aromatic carbocycles. The summed E-state index contributed by atoms with van der Waals surface area (Å²) in [6.45, 7) is 14.9. The number of ketones is 2. The van der Waals surface area contributed by atoms with Gasteiger partial charge in [0.1, 0.15) is 11.8 Å². The molecule has 5 aliphatic rings. The van der Waals surface area contributed by atoms with Gasteiger partial charge < -0.3 is 0 Å². The molecule has 0 heterocycles. The van der Waals surface area contributed by atoms with Gasteiger partial charge in [0, 0.05) is 22.3 Å². The van der Waals surface area contributed by atoms with Crippen LogP contribution in [0.4, 0.5) is 13.2 Å². The first-order chi connectivity index (χ1) is 18.3. The van der Waals surface area contributed by atoms with Crippen molar-refractivity contribution in [2.24, 2.45) is 44.8 Å². The van der Waals surface area contributed by atoms with E-state index in [2.05, 4.69) is 45.4 Å². The van der Waals surface area contributed by atoms with E-state index in [-0.39, 0.29) is 51.1 Å². The molecule has 7 atom stereocenters. The van der Waals surface area contributed by atoms with Gasteiger partial charge in [-0.3, -0.25) is 14.3 Å². The average molecular weight is 577 g/mol. The minimum Gasteiger partial charge on any atom is -0.295 e. The molecule has 220 valence electrons. The van der Waals surface area contributed by atoms with Gasteiger partial charge in [0.25, 0.3) is 0 Å². The van der Waals surface area contributed by atoms with Crippen molar-refractivity contribution in [3.05, 3.63) is 23.3 Å². The number of nitriles is 1. The molecule has 0 saturated heterocycles. The van der Waals surface area contributed by atoms with E-state index < -0.39 is 28.3 Å². The second-order valence-corrected chi connectivity index (χ2v) is 16.2. The Bertz CT molecular complexity index is 1250. The van der Waals surface area contributed by atoms with E-state index in [0.29, 0.717) is 0 Å². The minimum atomic E-state index is -4.26. The third-order valence-corrected chi connectivity index (χ3v) is 13.4.